The summed E-state index contributed by atoms with van der Waals surface area (Å²) in [7, 11) is -4.14. The van der Waals surface area contributed by atoms with Crippen LogP contribution in [0.3, 0.4) is 0 Å². The van der Waals surface area contributed by atoms with E-state index in [2.05, 4.69) is 5.32 Å². The van der Waals surface area contributed by atoms with Crippen molar-refractivity contribution in [3.8, 4) is 0 Å². The summed E-state index contributed by atoms with van der Waals surface area (Å²) in [5.41, 5.74) is 1.08. The highest BCUT2D eigenvalue weighted by Crippen LogP contribution is 2.26. The number of anilines is 1. The van der Waals surface area contributed by atoms with Gasteiger partial charge in [-0.3, -0.25) is 13.9 Å². The van der Waals surface area contributed by atoms with Crippen LogP contribution in [0.4, 0.5) is 5.69 Å². The van der Waals surface area contributed by atoms with Crippen molar-refractivity contribution in [1.29, 1.82) is 0 Å². The Labute approximate surface area is 240 Å². The van der Waals surface area contributed by atoms with Crippen molar-refractivity contribution in [2.24, 2.45) is 0 Å². The van der Waals surface area contributed by atoms with Gasteiger partial charge in [-0.25, -0.2) is 8.42 Å². The number of para-hydroxylation sites is 1. The van der Waals surface area contributed by atoms with Crippen LogP contribution >= 0.6 is 23.2 Å². The van der Waals surface area contributed by atoms with E-state index in [4.69, 9.17) is 23.2 Å². The van der Waals surface area contributed by atoms with E-state index in [1.54, 1.807) is 54.6 Å². The van der Waals surface area contributed by atoms with Crippen LogP contribution in [0.1, 0.15) is 39.2 Å². The number of carbonyl (C=O) groups is 2. The minimum Gasteiger partial charge on any atom is -0.352 e. The highest BCUT2D eigenvalue weighted by atomic mass is 35.5. The number of rotatable bonds is 12. The first-order valence-corrected chi connectivity index (χ1v) is 14.9. The third kappa shape index (κ3) is 7.97. The van der Waals surface area contributed by atoms with Gasteiger partial charge in [0.1, 0.15) is 12.6 Å². The Morgan fingerprint density at radius 3 is 1.95 bits per heavy atom. The molecular formula is C29H33Cl2N3O4S. The van der Waals surface area contributed by atoms with Crippen LogP contribution in [0.25, 0.3) is 0 Å². The Balaban J connectivity index is 2.02. The Morgan fingerprint density at radius 1 is 0.846 bits per heavy atom. The summed E-state index contributed by atoms with van der Waals surface area (Å²) >= 11 is 12.0. The minimum atomic E-state index is -4.14. The summed E-state index contributed by atoms with van der Waals surface area (Å²) in [4.78, 5) is 28.7. The Bertz CT molecular complexity index is 1350. The van der Waals surface area contributed by atoms with Crippen molar-refractivity contribution in [3.05, 3.63) is 94.5 Å². The van der Waals surface area contributed by atoms with Crippen LogP contribution in [-0.4, -0.2) is 43.8 Å². The van der Waals surface area contributed by atoms with Crippen molar-refractivity contribution in [3.63, 3.8) is 0 Å². The van der Waals surface area contributed by atoms with Crippen LogP contribution < -0.4 is 9.62 Å². The average Bonchev–Trinajstić information content (AvgIpc) is 2.93. The maximum absolute atomic E-state index is 14.0. The quantitative estimate of drug-likeness (QED) is 0.284. The van der Waals surface area contributed by atoms with Gasteiger partial charge in [-0.1, -0.05) is 67.4 Å². The van der Waals surface area contributed by atoms with E-state index in [1.165, 1.54) is 29.2 Å². The lowest BCUT2D eigenvalue weighted by atomic mass is 10.1. The summed E-state index contributed by atoms with van der Waals surface area (Å²) in [5, 5.41) is 3.90. The molecular weight excluding hydrogens is 557 g/mol. The molecule has 0 spiro atoms. The molecule has 0 aliphatic heterocycles. The van der Waals surface area contributed by atoms with Crippen molar-refractivity contribution in [1.82, 2.24) is 10.2 Å². The molecule has 2 amide bonds. The number of hydrogen-bond donors (Lipinski definition) is 1. The van der Waals surface area contributed by atoms with Gasteiger partial charge in [0.2, 0.25) is 11.8 Å². The molecule has 0 aliphatic rings. The predicted molar refractivity (Wildman–Crippen MR) is 156 cm³/mol. The molecule has 10 heteroatoms. The minimum absolute atomic E-state index is 0.00522. The standard InChI is InChI=1S/C29H33Cl2N3O4S/c1-4-21(3)32-29(36)27(5-2)33(19-22-11-13-23(30)14-12-22)28(35)20-34(25-9-7-6-8-10-25)39(37,38)26-17-15-24(31)16-18-26/h6-18,21,27H,4-5,19-20H2,1-3H3,(H,32,36)/t21-,27+/m0/s1. The molecule has 0 unspecified atom stereocenters. The van der Waals surface area contributed by atoms with Crippen molar-refractivity contribution >= 4 is 50.7 Å². The molecule has 0 radical (unpaired) electrons. The van der Waals surface area contributed by atoms with Crippen LogP contribution in [0.2, 0.25) is 10.0 Å². The smallest absolute Gasteiger partial charge is 0.264 e. The molecule has 208 valence electrons. The molecule has 3 aromatic rings. The largest absolute Gasteiger partial charge is 0.352 e. The van der Waals surface area contributed by atoms with E-state index in [-0.39, 0.29) is 23.4 Å². The number of nitrogens with zero attached hydrogens (tertiary/aromatic N) is 2. The fraction of sp³-hybridized carbons (Fsp3) is 0.310. The number of hydrogen-bond acceptors (Lipinski definition) is 4. The molecule has 2 atom stereocenters. The zero-order valence-corrected chi connectivity index (χ0v) is 24.5. The topological polar surface area (TPSA) is 86.8 Å². The Morgan fingerprint density at radius 2 is 1.41 bits per heavy atom. The molecule has 39 heavy (non-hydrogen) atoms. The predicted octanol–water partition coefficient (Wildman–Crippen LogP) is 5.91. The zero-order chi connectivity index (χ0) is 28.6. The van der Waals surface area contributed by atoms with Crippen molar-refractivity contribution in [2.45, 2.75) is 57.1 Å². The van der Waals surface area contributed by atoms with Gasteiger partial charge in [0, 0.05) is 22.6 Å². The van der Waals surface area contributed by atoms with Gasteiger partial charge in [0.05, 0.1) is 10.6 Å². The molecule has 0 heterocycles. The Kier molecular flexibility index (Phi) is 10.8. The number of nitrogens with one attached hydrogen (secondary N) is 1. The fourth-order valence-corrected chi connectivity index (χ4v) is 5.67. The van der Waals surface area contributed by atoms with Crippen LogP contribution in [-0.2, 0) is 26.2 Å². The van der Waals surface area contributed by atoms with Gasteiger partial charge in [-0.05, 0) is 73.9 Å². The Hall–Kier alpha value is -3.07. The van der Waals surface area contributed by atoms with Gasteiger partial charge in [0.15, 0.2) is 0 Å². The molecule has 0 aliphatic carbocycles. The maximum atomic E-state index is 14.0. The van der Waals surface area contributed by atoms with Crippen LogP contribution in [0.15, 0.2) is 83.8 Å². The molecule has 0 fully saturated rings. The zero-order valence-electron chi connectivity index (χ0n) is 22.2. The van der Waals surface area contributed by atoms with Gasteiger partial charge in [0.25, 0.3) is 10.0 Å². The van der Waals surface area contributed by atoms with Gasteiger partial charge in [-0.15, -0.1) is 0 Å². The van der Waals surface area contributed by atoms with Crippen molar-refractivity contribution < 1.29 is 18.0 Å². The SMILES string of the molecule is CC[C@H](C(=O)N[C@@H](C)CC)N(Cc1ccc(Cl)cc1)C(=O)CN(c1ccccc1)S(=O)(=O)c1ccc(Cl)cc1. The van der Waals surface area contributed by atoms with E-state index in [9.17, 15) is 18.0 Å². The first-order valence-electron chi connectivity index (χ1n) is 12.7. The third-order valence-corrected chi connectivity index (χ3v) is 8.67. The molecule has 0 bridgehead atoms. The molecule has 1 N–H and O–H groups in total. The van der Waals surface area contributed by atoms with E-state index in [0.29, 0.717) is 22.2 Å². The molecule has 0 aromatic heterocycles. The van der Waals surface area contributed by atoms with E-state index in [1.807, 2.05) is 20.8 Å². The van der Waals surface area contributed by atoms with Gasteiger partial charge >= 0.3 is 0 Å². The number of carbonyl (C=O) groups excluding carboxylic acids is 2. The van der Waals surface area contributed by atoms with E-state index < -0.39 is 28.5 Å². The molecule has 3 rings (SSSR count). The van der Waals surface area contributed by atoms with E-state index in [0.717, 1.165) is 16.3 Å². The van der Waals surface area contributed by atoms with Gasteiger partial charge < -0.3 is 10.2 Å². The molecule has 3 aromatic carbocycles. The second-order valence-electron chi connectivity index (χ2n) is 9.19. The molecule has 7 nitrogen and oxygen atoms in total. The number of amides is 2. The first-order chi connectivity index (χ1) is 18.6. The number of sulfonamides is 1. The number of halogens is 2. The lowest BCUT2D eigenvalue weighted by Crippen LogP contribution is -2.53. The number of benzene rings is 3. The molecule has 0 saturated heterocycles. The average molecular weight is 591 g/mol. The summed E-state index contributed by atoms with van der Waals surface area (Å²) < 4.78 is 28.6. The van der Waals surface area contributed by atoms with Crippen LogP contribution in [0.5, 0.6) is 0 Å². The lowest BCUT2D eigenvalue weighted by Gasteiger charge is -2.33. The van der Waals surface area contributed by atoms with Gasteiger partial charge in [-0.2, -0.15) is 0 Å². The second-order valence-corrected chi connectivity index (χ2v) is 11.9. The highest BCUT2D eigenvalue weighted by Gasteiger charge is 2.33. The maximum Gasteiger partial charge on any atom is 0.264 e. The normalized spacial score (nSPS) is 12.8. The first kappa shape index (κ1) is 30.5. The second kappa shape index (κ2) is 13.8. The van der Waals surface area contributed by atoms with E-state index >= 15 is 0 Å². The molecule has 0 saturated carbocycles. The monoisotopic (exact) mass is 589 g/mol. The van der Waals surface area contributed by atoms with Crippen LogP contribution in [0, 0.1) is 0 Å². The lowest BCUT2D eigenvalue weighted by molar-refractivity contribution is -0.140. The third-order valence-electron chi connectivity index (χ3n) is 6.38. The summed E-state index contributed by atoms with van der Waals surface area (Å²) in [5.74, 6) is -0.807. The summed E-state index contributed by atoms with van der Waals surface area (Å²) in [6.45, 7) is 5.28. The van der Waals surface area contributed by atoms with Crippen molar-refractivity contribution in [2.75, 3.05) is 10.8 Å². The fourth-order valence-electron chi connectivity index (χ4n) is 4.00. The highest BCUT2D eigenvalue weighted by molar-refractivity contribution is 7.92. The summed E-state index contributed by atoms with van der Waals surface area (Å²) in [6.07, 6.45) is 1.07. The summed E-state index contributed by atoms with van der Waals surface area (Å²) in [6, 6.07) is 20.3.